The van der Waals surface area contributed by atoms with Gasteiger partial charge in [0.2, 0.25) is 0 Å². The SMILES string of the molecule is CC(=O)c1csc(C(=O)NC2CCC(N)CC2)c1.Cl. The molecule has 1 aliphatic rings. The molecule has 1 aliphatic carbocycles. The van der Waals surface area contributed by atoms with Crippen molar-refractivity contribution >= 4 is 35.4 Å². The fourth-order valence-electron chi connectivity index (χ4n) is 2.16. The quantitative estimate of drug-likeness (QED) is 0.842. The number of hydrogen-bond donors (Lipinski definition) is 2. The largest absolute Gasteiger partial charge is 0.349 e. The van der Waals surface area contributed by atoms with Crippen molar-refractivity contribution < 1.29 is 9.59 Å². The van der Waals surface area contributed by atoms with E-state index in [9.17, 15) is 9.59 Å². The zero-order chi connectivity index (χ0) is 13.1. The molecule has 106 valence electrons. The van der Waals surface area contributed by atoms with Gasteiger partial charge in [0.1, 0.15) is 0 Å². The Kier molecular flexibility index (Phi) is 5.97. The van der Waals surface area contributed by atoms with Crippen molar-refractivity contribution in [1.29, 1.82) is 0 Å². The Labute approximate surface area is 123 Å². The van der Waals surface area contributed by atoms with Crippen LogP contribution in [0.15, 0.2) is 11.4 Å². The summed E-state index contributed by atoms with van der Waals surface area (Å²) in [6.07, 6.45) is 3.82. The second-order valence-electron chi connectivity index (χ2n) is 4.84. The van der Waals surface area contributed by atoms with Gasteiger partial charge in [0, 0.05) is 23.0 Å². The van der Waals surface area contributed by atoms with Gasteiger partial charge in [0.05, 0.1) is 4.88 Å². The summed E-state index contributed by atoms with van der Waals surface area (Å²) in [6, 6.07) is 2.17. The zero-order valence-electron chi connectivity index (χ0n) is 10.8. The summed E-state index contributed by atoms with van der Waals surface area (Å²) >= 11 is 1.32. The van der Waals surface area contributed by atoms with Gasteiger partial charge in [-0.05, 0) is 38.7 Å². The van der Waals surface area contributed by atoms with Gasteiger partial charge in [-0.15, -0.1) is 23.7 Å². The number of nitrogens with two attached hydrogens (primary N) is 1. The van der Waals surface area contributed by atoms with Crippen LogP contribution in [0, 0.1) is 0 Å². The molecule has 6 heteroatoms. The standard InChI is InChI=1S/C13H18N2O2S.ClH/c1-8(16)9-6-12(18-7-9)13(17)15-11-4-2-10(14)3-5-11;/h6-7,10-11H,2-5,14H2,1H3,(H,15,17);1H. The van der Waals surface area contributed by atoms with Crippen LogP contribution in [0.2, 0.25) is 0 Å². The van der Waals surface area contributed by atoms with Crippen LogP contribution in [0.4, 0.5) is 0 Å². The average Bonchev–Trinajstić information content (AvgIpc) is 2.81. The third-order valence-corrected chi connectivity index (χ3v) is 4.27. The molecule has 0 aliphatic heterocycles. The fraction of sp³-hybridized carbons (Fsp3) is 0.538. The topological polar surface area (TPSA) is 72.2 Å². The molecule has 1 amide bonds. The van der Waals surface area contributed by atoms with Crippen LogP contribution in [0.3, 0.4) is 0 Å². The lowest BCUT2D eigenvalue weighted by atomic mass is 9.92. The minimum absolute atomic E-state index is 0. The van der Waals surface area contributed by atoms with Crippen LogP contribution >= 0.6 is 23.7 Å². The first kappa shape index (κ1) is 16.1. The molecule has 0 atom stereocenters. The van der Waals surface area contributed by atoms with Gasteiger partial charge in [0.15, 0.2) is 5.78 Å². The van der Waals surface area contributed by atoms with Gasteiger partial charge in [-0.25, -0.2) is 0 Å². The lowest BCUT2D eigenvalue weighted by molar-refractivity contribution is 0.0930. The molecule has 0 saturated heterocycles. The van der Waals surface area contributed by atoms with E-state index in [2.05, 4.69) is 5.32 Å². The number of halogens is 1. The van der Waals surface area contributed by atoms with E-state index in [1.165, 1.54) is 18.3 Å². The summed E-state index contributed by atoms with van der Waals surface area (Å²) in [5.41, 5.74) is 6.43. The summed E-state index contributed by atoms with van der Waals surface area (Å²) in [5, 5.41) is 4.74. The molecule has 1 aromatic heterocycles. The zero-order valence-corrected chi connectivity index (χ0v) is 12.5. The lowest BCUT2D eigenvalue weighted by Gasteiger charge is -2.26. The highest BCUT2D eigenvalue weighted by atomic mass is 35.5. The summed E-state index contributed by atoms with van der Waals surface area (Å²) in [4.78, 5) is 23.8. The highest BCUT2D eigenvalue weighted by Crippen LogP contribution is 2.19. The van der Waals surface area contributed by atoms with Gasteiger partial charge in [-0.3, -0.25) is 9.59 Å². The van der Waals surface area contributed by atoms with Crippen molar-refractivity contribution in [3.8, 4) is 0 Å². The number of Topliss-reactive ketones (excluding diaryl/α,β-unsaturated/α-hetero) is 1. The van der Waals surface area contributed by atoms with Crippen LogP contribution in [0.25, 0.3) is 0 Å². The predicted octanol–water partition coefficient (Wildman–Crippen LogP) is 2.37. The molecular weight excluding hydrogens is 284 g/mol. The van der Waals surface area contributed by atoms with Crippen molar-refractivity contribution in [2.75, 3.05) is 0 Å². The van der Waals surface area contributed by atoms with E-state index in [0.717, 1.165) is 25.7 Å². The second kappa shape index (κ2) is 7.03. The smallest absolute Gasteiger partial charge is 0.261 e. The molecule has 1 fully saturated rings. The van der Waals surface area contributed by atoms with Crippen LogP contribution in [-0.2, 0) is 0 Å². The number of carbonyl (C=O) groups excluding carboxylic acids is 2. The normalized spacial score (nSPS) is 22.4. The maximum absolute atomic E-state index is 12.0. The predicted molar refractivity (Wildman–Crippen MR) is 79.3 cm³/mol. The number of hydrogen-bond acceptors (Lipinski definition) is 4. The molecular formula is C13H19ClN2O2S. The second-order valence-corrected chi connectivity index (χ2v) is 5.75. The number of ketones is 1. The van der Waals surface area contributed by atoms with Crippen molar-refractivity contribution in [1.82, 2.24) is 5.32 Å². The monoisotopic (exact) mass is 302 g/mol. The van der Waals surface area contributed by atoms with Crippen molar-refractivity contribution in [2.24, 2.45) is 5.73 Å². The Bertz CT molecular complexity index is 453. The first-order valence-electron chi connectivity index (χ1n) is 6.22. The number of thiophene rings is 1. The highest BCUT2D eigenvalue weighted by Gasteiger charge is 2.21. The maximum atomic E-state index is 12.0. The van der Waals surface area contributed by atoms with E-state index < -0.39 is 0 Å². The van der Waals surface area contributed by atoms with Crippen molar-refractivity contribution in [3.05, 3.63) is 21.9 Å². The number of rotatable bonds is 3. The molecule has 0 radical (unpaired) electrons. The fourth-order valence-corrected chi connectivity index (χ4v) is 3.01. The average molecular weight is 303 g/mol. The summed E-state index contributed by atoms with van der Waals surface area (Å²) in [6.45, 7) is 1.51. The van der Waals surface area contributed by atoms with Crippen LogP contribution in [-0.4, -0.2) is 23.8 Å². The Morgan fingerprint density at radius 2 is 1.95 bits per heavy atom. The van der Waals surface area contributed by atoms with Crippen LogP contribution < -0.4 is 11.1 Å². The minimum Gasteiger partial charge on any atom is -0.349 e. The molecule has 1 heterocycles. The summed E-state index contributed by atoms with van der Waals surface area (Å²) in [7, 11) is 0. The maximum Gasteiger partial charge on any atom is 0.261 e. The number of amides is 1. The van der Waals surface area contributed by atoms with Gasteiger partial charge in [0.25, 0.3) is 5.91 Å². The van der Waals surface area contributed by atoms with Crippen LogP contribution in [0.5, 0.6) is 0 Å². The Morgan fingerprint density at radius 3 is 2.47 bits per heavy atom. The highest BCUT2D eigenvalue weighted by molar-refractivity contribution is 7.12. The molecule has 3 N–H and O–H groups in total. The molecule has 1 aromatic rings. The molecule has 0 unspecified atom stereocenters. The molecule has 1 saturated carbocycles. The van der Waals surface area contributed by atoms with Gasteiger partial charge >= 0.3 is 0 Å². The van der Waals surface area contributed by atoms with Crippen LogP contribution in [0.1, 0.15) is 52.6 Å². The van der Waals surface area contributed by atoms with E-state index >= 15 is 0 Å². The molecule has 4 nitrogen and oxygen atoms in total. The van der Waals surface area contributed by atoms with E-state index in [4.69, 9.17) is 5.73 Å². The molecule has 0 bridgehead atoms. The van der Waals surface area contributed by atoms with E-state index in [0.29, 0.717) is 10.4 Å². The Hall–Kier alpha value is -0.910. The Balaban J connectivity index is 0.00000180. The first-order chi connectivity index (χ1) is 8.56. The van der Waals surface area contributed by atoms with E-state index in [1.807, 2.05) is 0 Å². The third kappa shape index (κ3) is 4.30. The van der Waals surface area contributed by atoms with Gasteiger partial charge in [-0.2, -0.15) is 0 Å². The molecule has 19 heavy (non-hydrogen) atoms. The first-order valence-corrected chi connectivity index (χ1v) is 7.10. The molecule has 0 spiro atoms. The minimum atomic E-state index is -0.0760. The van der Waals surface area contributed by atoms with Gasteiger partial charge < -0.3 is 11.1 Å². The van der Waals surface area contributed by atoms with Crippen molar-refractivity contribution in [3.63, 3.8) is 0 Å². The number of nitrogens with one attached hydrogen (secondary N) is 1. The molecule has 0 aromatic carbocycles. The van der Waals surface area contributed by atoms with Crippen molar-refractivity contribution in [2.45, 2.75) is 44.7 Å². The van der Waals surface area contributed by atoms with E-state index in [1.54, 1.807) is 11.4 Å². The van der Waals surface area contributed by atoms with E-state index in [-0.39, 0.29) is 36.2 Å². The third-order valence-electron chi connectivity index (χ3n) is 3.34. The molecule has 2 rings (SSSR count). The lowest BCUT2D eigenvalue weighted by Crippen LogP contribution is -2.40. The summed E-state index contributed by atoms with van der Waals surface area (Å²) < 4.78 is 0. The van der Waals surface area contributed by atoms with Gasteiger partial charge in [-0.1, -0.05) is 0 Å². The Morgan fingerprint density at radius 1 is 1.32 bits per heavy atom. The number of carbonyl (C=O) groups is 2. The summed E-state index contributed by atoms with van der Waals surface area (Å²) in [5.74, 6) is -0.0816.